The molecule has 0 aliphatic carbocycles. The van der Waals surface area contributed by atoms with Crippen molar-refractivity contribution in [2.75, 3.05) is 6.61 Å². The van der Waals surface area contributed by atoms with Crippen LogP contribution in [0.2, 0.25) is 0 Å². The standard InChI is InChI=1S/C50H79NO12S.Na.H/c1-2-3-4-5-6-7-8-9-16-27-36-42(60-44(53)37-28-17-12-10-14-21-30-40-32-23-19-24-33-40)49(55)51-46-48(47(63-64(57,58)59)43(39-52)61-50(46)56)62-45(54)38-29-18-13-11-15-22-31-41-34-25-20-26-35-41;;/h19-20,23-26,32-35,42-43,46-48,50,52,56H,2-18,21-22,27-31,36-39H2,1H3,(H,51,55)(H,57,58,59);;/q;+1;-1/t42?,43-,46-,47-,48-,50+;;/m1../s1. The van der Waals surface area contributed by atoms with Gasteiger partial charge in [-0.05, 0) is 62.5 Å². The van der Waals surface area contributed by atoms with E-state index in [0.29, 0.717) is 19.3 Å². The third kappa shape index (κ3) is 26.7. The molecular formula is C50H80NNaO12S. The fourth-order valence-corrected chi connectivity index (χ4v) is 8.78. The quantitative estimate of drug-likeness (QED) is 0.0249. The Morgan fingerprint density at radius 1 is 0.662 bits per heavy atom. The van der Waals surface area contributed by atoms with Crippen LogP contribution in [0.25, 0.3) is 0 Å². The van der Waals surface area contributed by atoms with Gasteiger partial charge in [0.25, 0.3) is 5.91 Å². The molecule has 0 radical (unpaired) electrons. The number of hydrogen-bond acceptors (Lipinski definition) is 11. The third-order valence-electron chi connectivity index (χ3n) is 11.9. The number of rotatable bonds is 36. The average Bonchev–Trinajstić information content (AvgIpc) is 3.27. The maximum absolute atomic E-state index is 14.0. The summed E-state index contributed by atoms with van der Waals surface area (Å²) in [7, 11) is -5.19. The van der Waals surface area contributed by atoms with Crippen molar-refractivity contribution >= 4 is 28.2 Å². The summed E-state index contributed by atoms with van der Waals surface area (Å²) < 4.78 is 55.4. The van der Waals surface area contributed by atoms with Crippen LogP contribution in [0.15, 0.2) is 60.7 Å². The Morgan fingerprint density at radius 3 is 1.58 bits per heavy atom. The summed E-state index contributed by atoms with van der Waals surface area (Å²) in [5.74, 6) is -2.09. The van der Waals surface area contributed by atoms with E-state index >= 15 is 0 Å². The molecule has 1 aliphatic heterocycles. The maximum Gasteiger partial charge on any atom is 1.00 e. The largest absolute Gasteiger partial charge is 1.00 e. The summed E-state index contributed by atoms with van der Waals surface area (Å²) in [5, 5.41) is 23.7. The molecule has 1 aliphatic rings. The first-order valence-corrected chi connectivity index (χ1v) is 25.7. The van der Waals surface area contributed by atoms with Gasteiger partial charge < -0.3 is 31.2 Å². The van der Waals surface area contributed by atoms with Gasteiger partial charge in [-0.1, -0.05) is 177 Å². The minimum atomic E-state index is -5.19. The van der Waals surface area contributed by atoms with Gasteiger partial charge in [0, 0.05) is 12.8 Å². The summed E-state index contributed by atoms with van der Waals surface area (Å²) in [6.07, 6.45) is 15.6. The number of hydrogen-bond donors (Lipinski definition) is 4. The number of nitrogens with one attached hydrogen (secondary N) is 1. The van der Waals surface area contributed by atoms with Gasteiger partial charge in [0.15, 0.2) is 18.5 Å². The van der Waals surface area contributed by atoms with Gasteiger partial charge in [0.05, 0.1) is 6.61 Å². The van der Waals surface area contributed by atoms with Crippen LogP contribution < -0.4 is 34.9 Å². The molecule has 0 aromatic heterocycles. The van der Waals surface area contributed by atoms with Gasteiger partial charge in [-0.2, -0.15) is 8.42 Å². The topological polar surface area (TPSA) is 195 Å². The first kappa shape index (κ1) is 58.7. The number of amides is 1. The van der Waals surface area contributed by atoms with Crippen molar-refractivity contribution in [3.05, 3.63) is 71.8 Å². The van der Waals surface area contributed by atoms with E-state index in [4.69, 9.17) is 18.4 Å². The van der Waals surface area contributed by atoms with Crippen molar-refractivity contribution in [3.63, 3.8) is 0 Å². The van der Waals surface area contributed by atoms with E-state index in [0.717, 1.165) is 103 Å². The molecule has 1 fully saturated rings. The monoisotopic (exact) mass is 942 g/mol. The second-order valence-corrected chi connectivity index (χ2v) is 18.4. The van der Waals surface area contributed by atoms with Crippen LogP contribution in [0.4, 0.5) is 0 Å². The Morgan fingerprint density at radius 2 is 1.11 bits per heavy atom. The zero-order valence-corrected chi connectivity index (χ0v) is 42.3. The molecule has 2 aromatic rings. The van der Waals surface area contributed by atoms with Gasteiger partial charge in [0.1, 0.15) is 18.2 Å². The normalized spacial score (nSPS) is 18.9. The van der Waals surface area contributed by atoms with Crippen LogP contribution in [0.3, 0.4) is 0 Å². The third-order valence-corrected chi connectivity index (χ3v) is 12.4. The molecule has 1 unspecified atom stereocenters. The van der Waals surface area contributed by atoms with Crippen LogP contribution in [0.5, 0.6) is 0 Å². The molecule has 15 heteroatoms. The minimum Gasteiger partial charge on any atom is -1.00 e. The number of carbonyl (C=O) groups excluding carboxylic acids is 3. The van der Waals surface area contributed by atoms with E-state index in [9.17, 15) is 37.6 Å². The van der Waals surface area contributed by atoms with E-state index in [1.165, 1.54) is 43.2 Å². The first-order chi connectivity index (χ1) is 31.0. The zero-order valence-electron chi connectivity index (χ0n) is 40.5. The first-order valence-electron chi connectivity index (χ1n) is 24.4. The zero-order chi connectivity index (χ0) is 46.3. The molecule has 364 valence electrons. The Hall–Kier alpha value is -2.40. The summed E-state index contributed by atoms with van der Waals surface area (Å²) in [6.45, 7) is 1.32. The molecular weight excluding hydrogens is 862 g/mol. The van der Waals surface area contributed by atoms with Crippen LogP contribution >= 0.6 is 0 Å². The fourth-order valence-electron chi connectivity index (χ4n) is 8.26. The van der Waals surface area contributed by atoms with Gasteiger partial charge >= 0.3 is 51.9 Å². The minimum absolute atomic E-state index is 0. The molecule has 6 atom stereocenters. The van der Waals surface area contributed by atoms with Crippen molar-refractivity contribution in [3.8, 4) is 0 Å². The van der Waals surface area contributed by atoms with Gasteiger partial charge in [0.2, 0.25) is 0 Å². The Bertz CT molecular complexity index is 1660. The molecule has 1 saturated heterocycles. The fraction of sp³-hybridized carbons (Fsp3) is 0.700. The van der Waals surface area contributed by atoms with Crippen LogP contribution in [-0.2, 0) is 56.0 Å². The van der Waals surface area contributed by atoms with E-state index in [1.54, 1.807) is 0 Å². The van der Waals surface area contributed by atoms with Crippen molar-refractivity contribution < 1.29 is 86.9 Å². The number of aryl methyl sites for hydroxylation is 2. The predicted molar refractivity (Wildman–Crippen MR) is 249 cm³/mol. The maximum atomic E-state index is 14.0. The number of aliphatic hydroxyl groups is 2. The Kier molecular flexibility index (Phi) is 32.3. The number of esters is 2. The molecule has 0 saturated carbocycles. The number of benzene rings is 2. The Labute approximate surface area is 413 Å². The summed E-state index contributed by atoms with van der Waals surface area (Å²) >= 11 is 0. The molecule has 1 amide bonds. The molecule has 1 heterocycles. The Balaban J connectivity index is 0.0000109. The van der Waals surface area contributed by atoms with Gasteiger partial charge in [-0.15, -0.1) is 0 Å². The molecule has 65 heavy (non-hydrogen) atoms. The molecule has 4 N–H and O–H groups in total. The van der Waals surface area contributed by atoms with Crippen molar-refractivity contribution in [2.45, 2.75) is 217 Å². The smallest absolute Gasteiger partial charge is 1.00 e. The van der Waals surface area contributed by atoms with Crippen LogP contribution in [0.1, 0.15) is 180 Å². The summed E-state index contributed by atoms with van der Waals surface area (Å²) in [4.78, 5) is 40.4. The van der Waals surface area contributed by atoms with Crippen molar-refractivity contribution in [1.29, 1.82) is 0 Å². The predicted octanol–water partition coefficient (Wildman–Crippen LogP) is 6.57. The molecule has 0 bridgehead atoms. The summed E-state index contributed by atoms with van der Waals surface area (Å²) in [6, 6.07) is 19.0. The van der Waals surface area contributed by atoms with E-state index in [2.05, 4.69) is 36.5 Å². The van der Waals surface area contributed by atoms with E-state index < -0.39 is 71.6 Å². The van der Waals surface area contributed by atoms with Crippen molar-refractivity contribution in [1.82, 2.24) is 5.32 Å². The number of ether oxygens (including phenoxy) is 3. The summed E-state index contributed by atoms with van der Waals surface area (Å²) in [5.41, 5.74) is 2.62. The molecule has 0 spiro atoms. The van der Waals surface area contributed by atoms with Crippen LogP contribution in [0, 0.1) is 0 Å². The second-order valence-electron chi connectivity index (χ2n) is 17.4. The molecule has 13 nitrogen and oxygen atoms in total. The number of carbonyl (C=O) groups is 3. The number of aliphatic hydroxyl groups excluding tert-OH is 2. The van der Waals surface area contributed by atoms with Crippen molar-refractivity contribution in [2.24, 2.45) is 0 Å². The number of unbranched alkanes of at least 4 members (excludes halogenated alkanes) is 19. The SMILES string of the molecule is CCCCCCCCCCCCC(OC(=O)CCCCCCCCc1ccccc1)C(=O)N[C@@H]1[C@@H](OC(=O)CCCCCCCCc2ccccc2)[C@H](OS(=O)(=O)O)[C@@H](CO)O[C@@H]1O.[H-].[Na+]. The molecule has 3 rings (SSSR count). The average molecular weight is 942 g/mol. The molecule has 2 aromatic carbocycles. The van der Waals surface area contributed by atoms with Crippen LogP contribution in [-0.4, -0.2) is 84.4 Å². The van der Waals surface area contributed by atoms with E-state index in [-0.39, 0.29) is 50.2 Å². The van der Waals surface area contributed by atoms with Gasteiger partial charge in [-0.3, -0.25) is 18.9 Å². The second kappa shape index (κ2) is 35.7. The van der Waals surface area contributed by atoms with E-state index in [1.807, 2.05) is 36.4 Å². The van der Waals surface area contributed by atoms with Gasteiger partial charge in [-0.25, -0.2) is 4.18 Å².